The maximum atomic E-state index is 8.34. The summed E-state index contributed by atoms with van der Waals surface area (Å²) >= 11 is 3.12. The van der Waals surface area contributed by atoms with Crippen molar-refractivity contribution in [1.82, 2.24) is 0 Å². The van der Waals surface area contributed by atoms with E-state index in [-0.39, 0.29) is 19.1 Å². The Labute approximate surface area is 51.3 Å². The molecule has 0 aliphatic rings. The van der Waals surface area contributed by atoms with Crippen LogP contribution in [0.4, 0.5) is 0 Å². The van der Waals surface area contributed by atoms with Crippen LogP contribution in [0.15, 0.2) is 0 Å². The predicted molar refractivity (Wildman–Crippen MR) is 31.5 cm³/mol. The minimum absolute atomic E-state index is 0.0139. The van der Waals surface area contributed by atoms with E-state index in [0.29, 0.717) is 5.33 Å². The van der Waals surface area contributed by atoms with Crippen molar-refractivity contribution >= 4 is 15.9 Å². The Balaban J connectivity index is 2.99. The smallest absolute Gasteiger partial charge is 0.0489 e. The van der Waals surface area contributed by atoms with E-state index < -0.39 is 0 Å². The van der Waals surface area contributed by atoms with Gasteiger partial charge in [0.25, 0.3) is 0 Å². The summed E-state index contributed by atoms with van der Waals surface area (Å²) in [4.78, 5) is 0. The molecule has 7 heavy (non-hydrogen) atoms. The van der Waals surface area contributed by atoms with Gasteiger partial charge in [0.05, 0.1) is 0 Å². The molecule has 0 radical (unpaired) electrons. The molecule has 0 aromatic heterocycles. The van der Waals surface area contributed by atoms with E-state index in [1.807, 2.05) is 0 Å². The van der Waals surface area contributed by atoms with Crippen LogP contribution in [0.25, 0.3) is 0 Å². The van der Waals surface area contributed by atoms with Crippen LogP contribution in [0.3, 0.4) is 0 Å². The molecule has 0 amide bonds. The van der Waals surface area contributed by atoms with Gasteiger partial charge in [-0.1, -0.05) is 15.9 Å². The monoisotopic (exact) mass is 168 g/mol. The number of rotatable bonds is 3. The van der Waals surface area contributed by atoms with Gasteiger partial charge in [0.1, 0.15) is 0 Å². The molecule has 0 unspecified atom stereocenters. The van der Waals surface area contributed by atoms with Crippen LogP contribution < -0.4 is 0 Å². The molecule has 0 bridgehead atoms. The lowest BCUT2D eigenvalue weighted by Gasteiger charge is -2.02. The van der Waals surface area contributed by atoms with Crippen molar-refractivity contribution in [3.05, 3.63) is 0 Å². The van der Waals surface area contributed by atoms with Gasteiger partial charge in [-0.05, 0) is 0 Å². The first-order valence-electron chi connectivity index (χ1n) is 2.12. The zero-order valence-electron chi connectivity index (χ0n) is 3.97. The van der Waals surface area contributed by atoms with Gasteiger partial charge in [-0.25, -0.2) is 0 Å². The fraction of sp³-hybridized carbons (Fsp3) is 1.00. The van der Waals surface area contributed by atoms with Crippen molar-refractivity contribution in [2.24, 2.45) is 5.92 Å². The summed E-state index contributed by atoms with van der Waals surface area (Å²) in [6, 6.07) is 0. The molecule has 44 valence electrons. The normalized spacial score (nSPS) is 10.3. The summed E-state index contributed by atoms with van der Waals surface area (Å²) in [6.07, 6.45) is 0. The lowest BCUT2D eigenvalue weighted by molar-refractivity contribution is 0.165. The van der Waals surface area contributed by atoms with E-state index in [1.165, 1.54) is 0 Å². The van der Waals surface area contributed by atoms with Gasteiger partial charge in [-0.3, -0.25) is 0 Å². The highest BCUT2D eigenvalue weighted by Crippen LogP contribution is 1.96. The van der Waals surface area contributed by atoms with E-state index >= 15 is 0 Å². The summed E-state index contributed by atoms with van der Waals surface area (Å²) < 4.78 is 0. The minimum atomic E-state index is 0.0139. The molecule has 0 atom stereocenters. The molecule has 2 nitrogen and oxygen atoms in total. The Morgan fingerprint density at radius 2 is 1.71 bits per heavy atom. The zero-order chi connectivity index (χ0) is 5.70. The molecule has 0 aromatic carbocycles. The minimum Gasteiger partial charge on any atom is -0.396 e. The molecular formula is C4H9BrO2. The van der Waals surface area contributed by atoms with Crippen molar-refractivity contribution in [1.29, 1.82) is 0 Å². The Kier molecular flexibility index (Phi) is 4.82. The predicted octanol–water partition coefficient (Wildman–Crippen LogP) is -0.0179. The van der Waals surface area contributed by atoms with Gasteiger partial charge in [-0.2, -0.15) is 0 Å². The lowest BCUT2D eigenvalue weighted by Crippen LogP contribution is -2.11. The van der Waals surface area contributed by atoms with Crippen molar-refractivity contribution < 1.29 is 10.2 Å². The molecule has 0 rings (SSSR count). The maximum Gasteiger partial charge on any atom is 0.0489 e. The van der Waals surface area contributed by atoms with E-state index in [2.05, 4.69) is 15.9 Å². The second-order valence-electron chi connectivity index (χ2n) is 1.39. The summed E-state index contributed by atoms with van der Waals surface area (Å²) in [5.74, 6) is 0.0139. The van der Waals surface area contributed by atoms with Crippen LogP contribution in [0, 0.1) is 5.92 Å². The van der Waals surface area contributed by atoms with Gasteiger partial charge in [0.2, 0.25) is 0 Å². The van der Waals surface area contributed by atoms with E-state index in [0.717, 1.165) is 0 Å². The third-order valence-corrected chi connectivity index (χ3v) is 1.65. The standard InChI is InChI=1S/C4H9BrO2/c5-1-4(2-6)3-7/h4,6-7H,1-3H2. The highest BCUT2D eigenvalue weighted by molar-refractivity contribution is 9.09. The maximum absolute atomic E-state index is 8.34. The number of aliphatic hydroxyl groups excluding tert-OH is 2. The Hall–Kier alpha value is 0.400. The summed E-state index contributed by atoms with van der Waals surface area (Å²) in [7, 11) is 0. The van der Waals surface area contributed by atoms with E-state index in [9.17, 15) is 0 Å². The molecule has 0 saturated heterocycles. The highest BCUT2D eigenvalue weighted by Gasteiger charge is 2.00. The quantitative estimate of drug-likeness (QED) is 0.583. The molecule has 0 saturated carbocycles. The van der Waals surface area contributed by atoms with Crippen molar-refractivity contribution in [2.45, 2.75) is 0 Å². The first-order chi connectivity index (χ1) is 3.35. The van der Waals surface area contributed by atoms with Crippen molar-refractivity contribution in [2.75, 3.05) is 18.5 Å². The SMILES string of the molecule is OCC(CO)CBr. The average molecular weight is 169 g/mol. The molecule has 0 spiro atoms. The number of hydrogen-bond acceptors (Lipinski definition) is 2. The summed E-state index contributed by atoms with van der Waals surface area (Å²) in [5, 5.41) is 17.3. The molecular weight excluding hydrogens is 160 g/mol. The van der Waals surface area contributed by atoms with Gasteiger partial charge < -0.3 is 10.2 Å². The molecule has 3 heteroatoms. The van der Waals surface area contributed by atoms with Crippen LogP contribution in [0.5, 0.6) is 0 Å². The van der Waals surface area contributed by atoms with Crippen LogP contribution >= 0.6 is 15.9 Å². The number of halogens is 1. The largest absolute Gasteiger partial charge is 0.396 e. The first kappa shape index (κ1) is 7.40. The van der Waals surface area contributed by atoms with Crippen LogP contribution in [-0.2, 0) is 0 Å². The second kappa shape index (κ2) is 4.56. The number of aliphatic hydroxyl groups is 2. The van der Waals surface area contributed by atoms with Crippen LogP contribution in [0.2, 0.25) is 0 Å². The molecule has 0 heterocycles. The van der Waals surface area contributed by atoms with Gasteiger partial charge in [0, 0.05) is 24.5 Å². The van der Waals surface area contributed by atoms with E-state index in [4.69, 9.17) is 10.2 Å². The highest BCUT2D eigenvalue weighted by atomic mass is 79.9. The topological polar surface area (TPSA) is 40.5 Å². The summed E-state index contributed by atoms with van der Waals surface area (Å²) in [5.41, 5.74) is 0. The Bertz CT molecular complexity index is 31.2. The van der Waals surface area contributed by atoms with Gasteiger partial charge in [0.15, 0.2) is 0 Å². The lowest BCUT2D eigenvalue weighted by atomic mass is 10.2. The van der Waals surface area contributed by atoms with E-state index in [1.54, 1.807) is 0 Å². The third kappa shape index (κ3) is 3.02. The van der Waals surface area contributed by atoms with Gasteiger partial charge >= 0.3 is 0 Å². The van der Waals surface area contributed by atoms with Crippen molar-refractivity contribution in [3.8, 4) is 0 Å². The van der Waals surface area contributed by atoms with Crippen molar-refractivity contribution in [3.63, 3.8) is 0 Å². The molecule has 0 fully saturated rings. The Morgan fingerprint density at radius 3 is 1.71 bits per heavy atom. The average Bonchev–Trinajstić information content (AvgIpc) is 1.72. The van der Waals surface area contributed by atoms with Crippen LogP contribution in [-0.4, -0.2) is 28.8 Å². The molecule has 0 aliphatic carbocycles. The zero-order valence-corrected chi connectivity index (χ0v) is 5.56. The third-order valence-electron chi connectivity index (χ3n) is 0.735. The second-order valence-corrected chi connectivity index (χ2v) is 2.03. The molecule has 0 aliphatic heterocycles. The number of hydrogen-bond donors (Lipinski definition) is 2. The Morgan fingerprint density at radius 1 is 1.29 bits per heavy atom. The molecule has 0 aromatic rings. The number of alkyl halides is 1. The van der Waals surface area contributed by atoms with Gasteiger partial charge in [-0.15, -0.1) is 0 Å². The van der Waals surface area contributed by atoms with Crippen LogP contribution in [0.1, 0.15) is 0 Å². The fourth-order valence-electron chi connectivity index (χ4n) is 0.155. The summed E-state index contributed by atoms with van der Waals surface area (Å²) in [6.45, 7) is 0.115. The molecule has 2 N–H and O–H groups in total. The fourth-order valence-corrected chi connectivity index (χ4v) is 0.565. The first-order valence-corrected chi connectivity index (χ1v) is 3.25.